The summed E-state index contributed by atoms with van der Waals surface area (Å²) in [6, 6.07) is 3.64. The number of nitrogens with zero attached hydrogens (tertiary/aromatic N) is 3. The van der Waals surface area contributed by atoms with Crippen molar-refractivity contribution in [3.63, 3.8) is 0 Å². The summed E-state index contributed by atoms with van der Waals surface area (Å²) in [5.74, 6) is -0.361. The predicted octanol–water partition coefficient (Wildman–Crippen LogP) is 2.55. The molecule has 0 atom stereocenters. The number of rotatable bonds is 5. The lowest BCUT2D eigenvalue weighted by Gasteiger charge is -2.03. The summed E-state index contributed by atoms with van der Waals surface area (Å²) in [6.45, 7) is 1.56. The maximum atomic E-state index is 11.9. The minimum absolute atomic E-state index is 0.116. The van der Waals surface area contributed by atoms with E-state index < -0.39 is 10.9 Å². The van der Waals surface area contributed by atoms with Crippen LogP contribution in [0.1, 0.15) is 29.1 Å². The highest BCUT2D eigenvalue weighted by molar-refractivity contribution is 6.31. The highest BCUT2D eigenvalue weighted by Gasteiger charge is 2.22. The Morgan fingerprint density at radius 3 is 2.76 bits per heavy atom. The molecule has 0 saturated carbocycles. The lowest BCUT2D eigenvalue weighted by Crippen LogP contribution is -2.08. The Hall–Kier alpha value is -2.48. The van der Waals surface area contributed by atoms with Gasteiger partial charge in [0.1, 0.15) is 5.56 Å². The summed E-state index contributed by atoms with van der Waals surface area (Å²) in [5.41, 5.74) is -0.619. The van der Waals surface area contributed by atoms with E-state index in [2.05, 4.69) is 10.2 Å². The first-order valence-corrected chi connectivity index (χ1v) is 6.31. The minimum Gasteiger partial charge on any atom is -0.452 e. The Labute approximate surface area is 123 Å². The summed E-state index contributed by atoms with van der Waals surface area (Å²) >= 11 is 5.73. The number of benzene rings is 1. The van der Waals surface area contributed by atoms with Crippen molar-refractivity contribution in [3.8, 4) is 0 Å². The quantitative estimate of drug-likeness (QED) is 0.474. The van der Waals surface area contributed by atoms with E-state index in [1.165, 1.54) is 12.1 Å². The zero-order valence-corrected chi connectivity index (χ0v) is 11.7. The van der Waals surface area contributed by atoms with E-state index in [0.29, 0.717) is 12.3 Å². The first kappa shape index (κ1) is 14.9. The van der Waals surface area contributed by atoms with Crippen molar-refractivity contribution in [2.45, 2.75) is 20.0 Å². The highest BCUT2D eigenvalue weighted by Crippen LogP contribution is 2.23. The van der Waals surface area contributed by atoms with Gasteiger partial charge in [0.15, 0.2) is 6.61 Å². The van der Waals surface area contributed by atoms with Crippen LogP contribution in [-0.4, -0.2) is 21.1 Å². The average molecular weight is 312 g/mol. The van der Waals surface area contributed by atoms with Crippen molar-refractivity contribution in [2.24, 2.45) is 0 Å². The molecule has 8 nitrogen and oxygen atoms in total. The maximum absolute atomic E-state index is 11.9. The number of esters is 1. The Balaban J connectivity index is 2.13. The first-order chi connectivity index (χ1) is 10.0. The minimum atomic E-state index is -0.888. The van der Waals surface area contributed by atoms with Crippen molar-refractivity contribution in [1.82, 2.24) is 10.2 Å². The van der Waals surface area contributed by atoms with Crippen LogP contribution in [0.3, 0.4) is 0 Å². The number of carbonyl (C=O) groups excluding carboxylic acids is 1. The number of hydrogen-bond donors (Lipinski definition) is 0. The number of nitro benzene ring substituents is 1. The summed E-state index contributed by atoms with van der Waals surface area (Å²) in [6.07, 6.45) is 0.556. The summed E-state index contributed by atoms with van der Waals surface area (Å²) < 4.78 is 10.1. The van der Waals surface area contributed by atoms with Crippen molar-refractivity contribution >= 4 is 23.3 Å². The van der Waals surface area contributed by atoms with Crippen LogP contribution >= 0.6 is 11.6 Å². The Morgan fingerprint density at radius 2 is 2.14 bits per heavy atom. The van der Waals surface area contributed by atoms with Crippen LogP contribution in [0, 0.1) is 10.1 Å². The second-order valence-corrected chi connectivity index (χ2v) is 4.37. The van der Waals surface area contributed by atoms with E-state index in [9.17, 15) is 14.9 Å². The van der Waals surface area contributed by atoms with Gasteiger partial charge in [-0.15, -0.1) is 10.2 Å². The van der Waals surface area contributed by atoms with Crippen LogP contribution in [0.4, 0.5) is 5.69 Å². The fourth-order valence-electron chi connectivity index (χ4n) is 1.53. The molecule has 110 valence electrons. The monoisotopic (exact) mass is 311 g/mol. The molecule has 0 radical (unpaired) electrons. The van der Waals surface area contributed by atoms with Crippen LogP contribution in [0.5, 0.6) is 0 Å². The summed E-state index contributed by atoms with van der Waals surface area (Å²) in [4.78, 5) is 22.1. The summed E-state index contributed by atoms with van der Waals surface area (Å²) in [5, 5.41) is 18.4. The normalized spacial score (nSPS) is 10.4. The number of hydrogen-bond acceptors (Lipinski definition) is 7. The fourth-order valence-corrected chi connectivity index (χ4v) is 1.70. The Morgan fingerprint density at radius 1 is 1.43 bits per heavy atom. The van der Waals surface area contributed by atoms with Gasteiger partial charge in [-0.05, 0) is 12.1 Å². The number of aromatic nitrogens is 2. The van der Waals surface area contributed by atoms with Crippen molar-refractivity contribution < 1.29 is 18.9 Å². The van der Waals surface area contributed by atoms with Crippen molar-refractivity contribution in [1.29, 1.82) is 0 Å². The zero-order valence-electron chi connectivity index (χ0n) is 10.9. The largest absolute Gasteiger partial charge is 0.452 e. The fraction of sp³-hybridized carbons (Fsp3) is 0.250. The highest BCUT2D eigenvalue weighted by atomic mass is 35.5. The Kier molecular flexibility index (Phi) is 4.49. The number of ether oxygens (including phenoxy) is 1. The molecule has 0 amide bonds. The molecule has 0 N–H and O–H groups in total. The van der Waals surface area contributed by atoms with E-state index in [1.807, 2.05) is 6.92 Å². The number of halogens is 1. The molecular formula is C12H10ClN3O5. The van der Waals surface area contributed by atoms with E-state index >= 15 is 0 Å². The molecular weight excluding hydrogens is 302 g/mol. The van der Waals surface area contributed by atoms with Gasteiger partial charge in [0.25, 0.3) is 11.6 Å². The standard InChI is InChI=1S/C12H10ClN3O5/c1-2-10-14-15-11(21-10)6-20-12(17)8-5-7(13)3-4-9(8)16(18)19/h3-5H,2,6H2,1H3. The van der Waals surface area contributed by atoms with Gasteiger partial charge in [0, 0.05) is 17.5 Å². The third-order valence-corrected chi connectivity index (χ3v) is 2.75. The molecule has 0 aliphatic rings. The maximum Gasteiger partial charge on any atom is 0.345 e. The van der Waals surface area contributed by atoms with Crippen molar-refractivity contribution in [2.75, 3.05) is 0 Å². The molecule has 2 rings (SSSR count). The number of nitro groups is 1. The third-order valence-electron chi connectivity index (χ3n) is 2.51. The number of aryl methyl sites for hydroxylation is 1. The first-order valence-electron chi connectivity index (χ1n) is 5.93. The lowest BCUT2D eigenvalue weighted by atomic mass is 10.2. The molecule has 21 heavy (non-hydrogen) atoms. The third kappa shape index (κ3) is 3.54. The van der Waals surface area contributed by atoms with Crippen LogP contribution in [-0.2, 0) is 17.8 Å². The van der Waals surface area contributed by atoms with Gasteiger partial charge in [0.2, 0.25) is 5.89 Å². The molecule has 1 aromatic heterocycles. The van der Waals surface area contributed by atoms with Gasteiger partial charge in [-0.3, -0.25) is 10.1 Å². The predicted molar refractivity (Wildman–Crippen MR) is 70.9 cm³/mol. The second-order valence-electron chi connectivity index (χ2n) is 3.94. The zero-order chi connectivity index (χ0) is 15.4. The average Bonchev–Trinajstić information content (AvgIpc) is 2.92. The molecule has 0 bridgehead atoms. The van der Waals surface area contributed by atoms with E-state index in [4.69, 9.17) is 20.8 Å². The molecule has 9 heteroatoms. The molecule has 2 aromatic rings. The second kappa shape index (κ2) is 6.31. The van der Waals surface area contributed by atoms with E-state index in [1.54, 1.807) is 0 Å². The molecule has 0 aliphatic heterocycles. The topological polar surface area (TPSA) is 108 Å². The molecule has 0 aliphatic carbocycles. The molecule has 0 unspecified atom stereocenters. The SMILES string of the molecule is CCc1nnc(COC(=O)c2cc(Cl)ccc2[N+](=O)[O-])o1. The Bertz CT molecular complexity index is 685. The molecule has 1 aromatic carbocycles. The van der Waals surface area contributed by atoms with Gasteiger partial charge in [0.05, 0.1) is 4.92 Å². The van der Waals surface area contributed by atoms with Gasteiger partial charge < -0.3 is 9.15 Å². The van der Waals surface area contributed by atoms with E-state index in [0.717, 1.165) is 6.07 Å². The smallest absolute Gasteiger partial charge is 0.345 e. The number of carbonyl (C=O) groups is 1. The lowest BCUT2D eigenvalue weighted by molar-refractivity contribution is -0.385. The van der Waals surface area contributed by atoms with E-state index in [-0.39, 0.29) is 28.8 Å². The van der Waals surface area contributed by atoms with Crippen LogP contribution in [0.15, 0.2) is 22.6 Å². The van der Waals surface area contributed by atoms with Gasteiger partial charge >= 0.3 is 5.97 Å². The van der Waals surface area contributed by atoms with Crippen LogP contribution in [0.2, 0.25) is 5.02 Å². The van der Waals surface area contributed by atoms with Crippen LogP contribution in [0.25, 0.3) is 0 Å². The summed E-state index contributed by atoms with van der Waals surface area (Å²) in [7, 11) is 0. The molecule has 0 saturated heterocycles. The molecule has 0 fully saturated rings. The van der Waals surface area contributed by atoms with Gasteiger partial charge in [-0.2, -0.15) is 0 Å². The van der Waals surface area contributed by atoms with Crippen LogP contribution < -0.4 is 0 Å². The van der Waals surface area contributed by atoms with Crippen molar-refractivity contribution in [3.05, 3.63) is 50.7 Å². The van der Waals surface area contributed by atoms with Gasteiger partial charge in [-0.1, -0.05) is 18.5 Å². The molecule has 1 heterocycles. The van der Waals surface area contributed by atoms with Gasteiger partial charge in [-0.25, -0.2) is 4.79 Å². The molecule has 0 spiro atoms.